The van der Waals surface area contributed by atoms with Crippen LogP contribution in [-0.2, 0) is 23.8 Å². The number of nitrogens with one attached hydrogen (secondary N) is 1. The van der Waals surface area contributed by atoms with Gasteiger partial charge in [0, 0.05) is 93.4 Å². The molecule has 63 heavy (non-hydrogen) atoms. The van der Waals surface area contributed by atoms with Crippen LogP contribution in [0.25, 0.3) is 10.8 Å². The average molecular weight is 877 g/mol. The summed E-state index contributed by atoms with van der Waals surface area (Å²) in [4.78, 5) is 43.2. The van der Waals surface area contributed by atoms with E-state index in [1.165, 1.54) is 85.1 Å². The van der Waals surface area contributed by atoms with Crippen molar-refractivity contribution >= 4 is 40.3 Å². The molecule has 0 aromatic heterocycles. The van der Waals surface area contributed by atoms with Crippen molar-refractivity contribution in [1.82, 2.24) is 9.91 Å². The number of carbonyl (C=O) groups is 3. The van der Waals surface area contributed by atoms with Crippen molar-refractivity contribution < 1.29 is 58.9 Å². The number of esters is 1. The predicted octanol–water partition coefficient (Wildman–Crippen LogP) is 5.65. The Labute approximate surface area is 368 Å². The number of aliphatic hydroxyl groups is 2. The number of fused-ring (bicyclic) bond motifs is 14. The van der Waals surface area contributed by atoms with Crippen LogP contribution in [0.15, 0.2) is 41.2 Å². The standard InChI is InChI=1S/C47H64N4O12/c1-24-13-12-14-25(2)46(59)49-37-32(23-48-51-20-18-50(19-21-51)31-15-10-11-16-31)41(56)34-35(42(37)57)40(55)29(6)44-36(34)45(58)47(8,63-44)61-22-17-33(60-9)26(3)43(62-30(7)52)28(5)39(54)27(4)38(24)53/h12-14,17,22-24,26-28,31,33,38-39,43,53-57H,10-11,15-16,18-21H2,1-9H3,(H,49,59)/b13-12+,22-17+,25-14-,48-23?/t24-,26-,27+,28-,33-,38-,39+,43+,47-/m0/s1. The molecule has 0 unspecified atom stereocenters. The molecular formula is C47H64N4O12. The van der Waals surface area contributed by atoms with Gasteiger partial charge in [-0.15, -0.1) is 0 Å². The number of allylic oxidation sites excluding steroid dienone is 2. The van der Waals surface area contributed by atoms with Crippen LogP contribution in [0.4, 0.5) is 5.69 Å². The number of methoxy groups -OCH3 is 1. The molecule has 2 aromatic carbocycles. The molecule has 1 saturated heterocycles. The molecule has 16 nitrogen and oxygen atoms in total. The predicted molar refractivity (Wildman–Crippen MR) is 237 cm³/mol. The van der Waals surface area contributed by atoms with E-state index in [-0.39, 0.29) is 44.5 Å². The first-order valence-electron chi connectivity index (χ1n) is 21.9. The summed E-state index contributed by atoms with van der Waals surface area (Å²) in [5, 5.41) is 67.6. The van der Waals surface area contributed by atoms with Gasteiger partial charge in [-0.05, 0) is 32.8 Å². The summed E-state index contributed by atoms with van der Waals surface area (Å²) in [6.45, 7) is 15.4. The van der Waals surface area contributed by atoms with Gasteiger partial charge in [0.25, 0.3) is 11.7 Å². The van der Waals surface area contributed by atoms with E-state index >= 15 is 0 Å². The maximum Gasteiger partial charge on any atom is 0.312 e. The first-order chi connectivity index (χ1) is 29.8. The smallest absolute Gasteiger partial charge is 0.312 e. The van der Waals surface area contributed by atoms with Gasteiger partial charge in [-0.25, -0.2) is 0 Å². The SMILES string of the molecule is CO[C@H]1/C=C/O[C@@]2(C)Oc3c(C)c(O)c4c(O)c(c(C=NN5CCN(C6CCCC6)CC5)c(O)c4c3C2=O)NC(=O)/C(C)=C\C=C\[C@H](C)[C@H](O)[C@@H](C)[C@@H](O)[C@H](C)[C@H](OC(C)=O)[C@H]1C. The van der Waals surface area contributed by atoms with Gasteiger partial charge >= 0.3 is 11.8 Å². The molecule has 1 aliphatic carbocycles. The van der Waals surface area contributed by atoms with Crippen molar-refractivity contribution in [3.63, 3.8) is 0 Å². The van der Waals surface area contributed by atoms with Crippen molar-refractivity contribution in [3.05, 3.63) is 52.8 Å². The molecule has 6 N–H and O–H groups in total. The number of phenols is 3. The second-order valence-corrected chi connectivity index (χ2v) is 17.8. The number of nitrogens with zero attached hydrogens (tertiary/aromatic N) is 3. The number of carbonyl (C=O) groups excluding carboxylic acids is 3. The fourth-order valence-electron chi connectivity index (χ4n) is 9.47. The van der Waals surface area contributed by atoms with Gasteiger partial charge < -0.3 is 49.8 Å². The van der Waals surface area contributed by atoms with Crippen molar-refractivity contribution in [2.75, 3.05) is 38.6 Å². The first kappa shape index (κ1) is 47.3. The molecule has 4 aliphatic heterocycles. The minimum absolute atomic E-state index is 0.0631. The fraction of sp³-hybridized carbons (Fsp3) is 0.574. The van der Waals surface area contributed by atoms with Crippen molar-refractivity contribution in [2.24, 2.45) is 28.8 Å². The highest BCUT2D eigenvalue weighted by molar-refractivity contribution is 6.23. The Morgan fingerprint density at radius 1 is 0.921 bits per heavy atom. The van der Waals surface area contributed by atoms with E-state index in [4.69, 9.17) is 18.9 Å². The molecule has 5 aliphatic rings. The number of benzene rings is 2. The minimum atomic E-state index is -2.04. The van der Waals surface area contributed by atoms with Gasteiger partial charge in [-0.1, -0.05) is 58.8 Å². The van der Waals surface area contributed by atoms with Crippen LogP contribution in [-0.4, -0.2) is 129 Å². The zero-order chi connectivity index (χ0) is 46.1. The third-order valence-electron chi connectivity index (χ3n) is 13.5. The number of piperazine rings is 1. The number of Topliss-reactive ketones (excluding diaryl/α,β-unsaturated/α-hetero) is 1. The third-order valence-corrected chi connectivity index (χ3v) is 13.5. The Morgan fingerprint density at radius 3 is 2.22 bits per heavy atom. The molecule has 1 saturated carbocycles. The Hall–Kier alpha value is -5.16. The maximum absolute atomic E-state index is 14.5. The minimum Gasteiger partial charge on any atom is -0.507 e. The summed E-state index contributed by atoms with van der Waals surface area (Å²) in [6, 6.07) is 0.553. The van der Waals surface area contributed by atoms with Crippen LogP contribution < -0.4 is 10.1 Å². The number of hydrogen-bond acceptors (Lipinski definition) is 15. The summed E-state index contributed by atoms with van der Waals surface area (Å²) in [6.07, 6.45) is 9.75. The number of aliphatic hydroxyl groups excluding tert-OH is 2. The summed E-state index contributed by atoms with van der Waals surface area (Å²) < 4.78 is 23.7. The molecule has 0 radical (unpaired) electrons. The molecule has 2 aromatic rings. The largest absolute Gasteiger partial charge is 0.507 e. The second kappa shape index (κ2) is 19.3. The number of aromatic hydroxyl groups is 3. The summed E-state index contributed by atoms with van der Waals surface area (Å²) in [7, 11) is 1.44. The van der Waals surface area contributed by atoms with Crippen molar-refractivity contribution in [1.29, 1.82) is 0 Å². The third kappa shape index (κ3) is 9.40. The summed E-state index contributed by atoms with van der Waals surface area (Å²) >= 11 is 0. The quantitative estimate of drug-likeness (QED) is 0.0926. The zero-order valence-corrected chi connectivity index (χ0v) is 37.8. The van der Waals surface area contributed by atoms with E-state index in [1.54, 1.807) is 39.8 Å². The van der Waals surface area contributed by atoms with E-state index in [9.17, 15) is 39.9 Å². The van der Waals surface area contributed by atoms with Crippen LogP contribution in [0.2, 0.25) is 0 Å². The number of ether oxygens (including phenoxy) is 4. The summed E-state index contributed by atoms with van der Waals surface area (Å²) in [5.41, 5.74) is -0.293. The van der Waals surface area contributed by atoms with Crippen LogP contribution in [0.3, 0.4) is 0 Å². The molecule has 2 fully saturated rings. The van der Waals surface area contributed by atoms with Gasteiger partial charge in [0.15, 0.2) is 5.75 Å². The van der Waals surface area contributed by atoms with E-state index < -0.39 is 88.8 Å². The first-order valence-corrected chi connectivity index (χ1v) is 21.9. The number of ketones is 1. The van der Waals surface area contributed by atoms with Gasteiger partial charge in [0.2, 0.25) is 0 Å². The van der Waals surface area contributed by atoms with Gasteiger partial charge in [-0.3, -0.25) is 24.3 Å². The lowest BCUT2D eigenvalue weighted by atomic mass is 9.78. The van der Waals surface area contributed by atoms with Gasteiger partial charge in [-0.2, -0.15) is 5.10 Å². The molecule has 9 atom stereocenters. The average Bonchev–Trinajstić information content (AvgIpc) is 3.89. The lowest BCUT2D eigenvalue weighted by molar-refractivity contribution is -0.160. The number of hydrazone groups is 1. The van der Waals surface area contributed by atoms with Crippen molar-refractivity contribution in [2.45, 2.75) is 117 Å². The maximum atomic E-state index is 14.5. The second-order valence-electron chi connectivity index (χ2n) is 17.8. The highest BCUT2D eigenvalue weighted by Crippen LogP contribution is 2.55. The molecule has 5 bridgehead atoms. The number of anilines is 1. The fourth-order valence-corrected chi connectivity index (χ4v) is 9.47. The van der Waals surface area contributed by atoms with Crippen LogP contribution >= 0.6 is 0 Å². The Morgan fingerprint density at radius 2 is 1.59 bits per heavy atom. The molecule has 4 heterocycles. The lowest BCUT2D eigenvalue weighted by Crippen LogP contribution is -2.47. The number of phenolic OH excluding ortho intramolecular Hbond substituents is 3. The Kier molecular flexibility index (Phi) is 14.5. The van der Waals surface area contributed by atoms with E-state index in [2.05, 4.69) is 15.3 Å². The van der Waals surface area contributed by atoms with Crippen molar-refractivity contribution in [3.8, 4) is 23.0 Å². The van der Waals surface area contributed by atoms with E-state index in [1.807, 2.05) is 5.01 Å². The van der Waals surface area contributed by atoms with Gasteiger partial charge in [0.05, 0.1) is 53.0 Å². The van der Waals surface area contributed by atoms with Crippen LogP contribution in [0.1, 0.15) is 95.6 Å². The normalized spacial score (nSPS) is 32.4. The Balaban J connectivity index is 1.47. The molecular weight excluding hydrogens is 813 g/mol. The summed E-state index contributed by atoms with van der Waals surface area (Å²) in [5.74, 6) is -8.28. The topological polar surface area (TPSA) is 220 Å². The zero-order valence-electron chi connectivity index (χ0n) is 37.8. The number of rotatable bonds is 5. The Bertz CT molecular complexity index is 2190. The molecule has 344 valence electrons. The number of amides is 1. The van der Waals surface area contributed by atoms with Crippen LogP contribution in [0.5, 0.6) is 23.0 Å². The van der Waals surface area contributed by atoms with Gasteiger partial charge in [0.1, 0.15) is 23.4 Å². The lowest BCUT2D eigenvalue weighted by Gasteiger charge is -2.38. The molecule has 1 amide bonds. The highest BCUT2D eigenvalue weighted by atomic mass is 16.7. The monoisotopic (exact) mass is 876 g/mol. The highest BCUT2D eigenvalue weighted by Gasteiger charge is 2.50. The molecule has 16 heteroatoms. The molecule has 7 rings (SSSR count). The van der Waals surface area contributed by atoms with E-state index in [0.29, 0.717) is 19.1 Å². The van der Waals surface area contributed by atoms with Crippen LogP contribution in [0, 0.1) is 30.6 Å². The molecule has 0 spiro atoms. The number of hydrogen-bond donors (Lipinski definition) is 6. The van der Waals surface area contributed by atoms with E-state index in [0.717, 1.165) is 13.1 Å².